The van der Waals surface area contributed by atoms with Crippen molar-refractivity contribution in [3.8, 4) is 11.5 Å². The molecule has 9 nitrogen and oxygen atoms in total. The summed E-state index contributed by atoms with van der Waals surface area (Å²) in [6, 6.07) is 4.51. The van der Waals surface area contributed by atoms with Gasteiger partial charge in [0.05, 0.1) is 12.3 Å². The summed E-state index contributed by atoms with van der Waals surface area (Å²) in [6.07, 6.45) is 2.51. The van der Waals surface area contributed by atoms with E-state index in [1.165, 1.54) is 28.7 Å². The Morgan fingerprint density at radius 1 is 1.31 bits per heavy atom. The largest absolute Gasteiger partial charge is 0.440 e. The molecule has 0 aliphatic carbocycles. The van der Waals surface area contributed by atoms with Gasteiger partial charge in [-0.05, 0) is 24.6 Å². The van der Waals surface area contributed by atoms with E-state index in [4.69, 9.17) is 13.7 Å². The standard InChI is InChI=1S/C16H17N3O6S/c1-2-14(20)18-15-7-10-8-19(9-13(10)23-15)26(21,22)16-4-3-11(24-16)12-5-6-17-25-12/h2-6,10,13,15H,1,7-9H2,(H,18,20). The fraction of sp³-hybridized carbons (Fsp3) is 0.375. The van der Waals surface area contributed by atoms with Crippen molar-refractivity contribution in [2.24, 2.45) is 5.92 Å². The maximum atomic E-state index is 12.8. The topological polar surface area (TPSA) is 115 Å². The molecule has 26 heavy (non-hydrogen) atoms. The molecule has 0 radical (unpaired) electrons. The van der Waals surface area contributed by atoms with Crippen LogP contribution in [-0.2, 0) is 19.6 Å². The number of ether oxygens (including phenoxy) is 1. The van der Waals surface area contributed by atoms with Crippen LogP contribution in [0.15, 0.2) is 51.1 Å². The fourth-order valence-corrected chi connectivity index (χ4v) is 4.71. The number of hydrogen-bond acceptors (Lipinski definition) is 7. The first kappa shape index (κ1) is 17.0. The summed E-state index contributed by atoms with van der Waals surface area (Å²) in [4.78, 5) is 11.4. The van der Waals surface area contributed by atoms with E-state index in [0.29, 0.717) is 24.5 Å². The Bertz CT molecular complexity index is 906. The van der Waals surface area contributed by atoms with Crippen molar-refractivity contribution in [1.29, 1.82) is 0 Å². The molecule has 10 heteroatoms. The van der Waals surface area contributed by atoms with Gasteiger partial charge in [-0.15, -0.1) is 0 Å². The number of nitrogens with zero attached hydrogens (tertiary/aromatic N) is 2. The van der Waals surface area contributed by atoms with Crippen molar-refractivity contribution < 1.29 is 26.9 Å². The van der Waals surface area contributed by atoms with Gasteiger partial charge in [0.15, 0.2) is 5.76 Å². The zero-order chi connectivity index (χ0) is 18.3. The number of nitrogens with one attached hydrogen (secondary N) is 1. The molecule has 3 unspecified atom stereocenters. The summed E-state index contributed by atoms with van der Waals surface area (Å²) in [5.41, 5.74) is 0. The molecule has 2 aliphatic rings. The zero-order valence-electron chi connectivity index (χ0n) is 13.7. The highest BCUT2D eigenvalue weighted by Crippen LogP contribution is 2.35. The number of sulfonamides is 1. The molecule has 138 valence electrons. The molecule has 0 spiro atoms. The normalized spacial score (nSPS) is 25.9. The Labute approximate surface area is 149 Å². The molecule has 4 rings (SSSR count). The molecule has 2 fully saturated rings. The highest BCUT2D eigenvalue weighted by molar-refractivity contribution is 7.89. The van der Waals surface area contributed by atoms with Gasteiger partial charge in [0.2, 0.25) is 16.8 Å². The van der Waals surface area contributed by atoms with Gasteiger partial charge in [0, 0.05) is 25.1 Å². The van der Waals surface area contributed by atoms with Crippen molar-refractivity contribution in [3.05, 3.63) is 37.1 Å². The van der Waals surface area contributed by atoms with Crippen molar-refractivity contribution >= 4 is 15.9 Å². The van der Waals surface area contributed by atoms with Crippen molar-refractivity contribution in [1.82, 2.24) is 14.8 Å². The minimum atomic E-state index is -3.78. The second-order valence-electron chi connectivity index (χ2n) is 6.19. The first-order chi connectivity index (χ1) is 12.5. The molecule has 2 aromatic heterocycles. The van der Waals surface area contributed by atoms with Crippen LogP contribution >= 0.6 is 0 Å². The Morgan fingerprint density at radius 3 is 2.85 bits per heavy atom. The number of carbonyl (C=O) groups excluding carboxylic acids is 1. The van der Waals surface area contributed by atoms with Crippen LogP contribution in [-0.4, -0.2) is 49.2 Å². The van der Waals surface area contributed by atoms with E-state index in [-0.39, 0.29) is 29.6 Å². The van der Waals surface area contributed by atoms with Crippen LogP contribution < -0.4 is 5.32 Å². The summed E-state index contributed by atoms with van der Waals surface area (Å²) in [5, 5.41) is 6.10. The fourth-order valence-electron chi connectivity index (χ4n) is 3.29. The molecule has 3 atom stereocenters. The lowest BCUT2D eigenvalue weighted by Gasteiger charge is -2.18. The zero-order valence-corrected chi connectivity index (χ0v) is 14.5. The van der Waals surface area contributed by atoms with Gasteiger partial charge in [0.25, 0.3) is 10.0 Å². The van der Waals surface area contributed by atoms with E-state index in [9.17, 15) is 13.2 Å². The molecular weight excluding hydrogens is 362 g/mol. The van der Waals surface area contributed by atoms with Crippen LogP contribution in [0.1, 0.15) is 6.42 Å². The van der Waals surface area contributed by atoms with E-state index < -0.39 is 16.3 Å². The maximum absolute atomic E-state index is 12.8. The monoisotopic (exact) mass is 379 g/mol. The molecule has 1 N–H and O–H groups in total. The van der Waals surface area contributed by atoms with E-state index in [2.05, 4.69) is 17.1 Å². The van der Waals surface area contributed by atoms with Crippen molar-refractivity contribution in [3.63, 3.8) is 0 Å². The lowest BCUT2D eigenvalue weighted by Crippen LogP contribution is -2.37. The average molecular weight is 379 g/mol. The maximum Gasteiger partial charge on any atom is 0.276 e. The number of furan rings is 1. The van der Waals surface area contributed by atoms with Crippen LogP contribution in [0.3, 0.4) is 0 Å². The predicted molar refractivity (Wildman–Crippen MR) is 88.1 cm³/mol. The summed E-state index contributed by atoms with van der Waals surface area (Å²) in [6.45, 7) is 3.92. The minimum Gasteiger partial charge on any atom is -0.440 e. The van der Waals surface area contributed by atoms with Gasteiger partial charge >= 0.3 is 0 Å². The minimum absolute atomic E-state index is 0.0172. The van der Waals surface area contributed by atoms with Gasteiger partial charge in [-0.25, -0.2) is 8.42 Å². The van der Waals surface area contributed by atoms with Crippen LogP contribution in [0.4, 0.5) is 0 Å². The van der Waals surface area contributed by atoms with Gasteiger partial charge in [-0.1, -0.05) is 11.7 Å². The van der Waals surface area contributed by atoms with Crippen molar-refractivity contribution in [2.45, 2.75) is 23.8 Å². The highest BCUT2D eigenvalue weighted by Gasteiger charge is 2.46. The van der Waals surface area contributed by atoms with Crippen LogP contribution in [0.2, 0.25) is 0 Å². The lowest BCUT2D eigenvalue weighted by atomic mass is 10.1. The first-order valence-electron chi connectivity index (χ1n) is 8.07. The number of amides is 1. The summed E-state index contributed by atoms with van der Waals surface area (Å²) in [7, 11) is -3.78. The molecular formula is C16H17N3O6S. The van der Waals surface area contributed by atoms with Crippen LogP contribution in [0.5, 0.6) is 0 Å². The number of carbonyl (C=O) groups is 1. The molecule has 2 aromatic rings. The van der Waals surface area contributed by atoms with Crippen molar-refractivity contribution in [2.75, 3.05) is 13.1 Å². The Balaban J connectivity index is 1.45. The van der Waals surface area contributed by atoms with Gasteiger partial charge in [-0.3, -0.25) is 4.79 Å². The number of hydrogen-bond donors (Lipinski definition) is 1. The van der Waals surface area contributed by atoms with Gasteiger partial charge in [0.1, 0.15) is 6.23 Å². The Morgan fingerprint density at radius 2 is 2.15 bits per heavy atom. The number of rotatable bonds is 5. The number of aromatic nitrogens is 1. The van der Waals surface area contributed by atoms with Crippen LogP contribution in [0, 0.1) is 5.92 Å². The second-order valence-corrected chi connectivity index (χ2v) is 8.06. The molecule has 2 saturated heterocycles. The summed E-state index contributed by atoms with van der Waals surface area (Å²) < 4.78 is 43.1. The Hall–Kier alpha value is -2.43. The van der Waals surface area contributed by atoms with E-state index in [1.807, 2.05) is 0 Å². The summed E-state index contributed by atoms with van der Waals surface area (Å²) >= 11 is 0. The average Bonchev–Trinajstić information content (AvgIpc) is 3.35. The lowest BCUT2D eigenvalue weighted by molar-refractivity contribution is -0.120. The third-order valence-corrected chi connectivity index (χ3v) is 6.25. The smallest absolute Gasteiger partial charge is 0.276 e. The third-order valence-electron chi connectivity index (χ3n) is 4.55. The molecule has 0 saturated carbocycles. The quantitative estimate of drug-likeness (QED) is 0.770. The third kappa shape index (κ3) is 2.96. The molecule has 2 aliphatic heterocycles. The van der Waals surface area contributed by atoms with Crippen LogP contribution in [0.25, 0.3) is 11.5 Å². The number of fused-ring (bicyclic) bond motifs is 1. The summed E-state index contributed by atoms with van der Waals surface area (Å²) in [5.74, 6) is 0.358. The molecule has 0 aromatic carbocycles. The predicted octanol–water partition coefficient (Wildman–Crippen LogP) is 0.972. The molecule has 0 bridgehead atoms. The van der Waals surface area contributed by atoms with E-state index >= 15 is 0 Å². The first-order valence-corrected chi connectivity index (χ1v) is 9.51. The second kappa shape index (κ2) is 6.38. The molecule has 1 amide bonds. The van der Waals surface area contributed by atoms with E-state index in [1.54, 1.807) is 6.07 Å². The van der Waals surface area contributed by atoms with Gasteiger partial charge < -0.3 is 19.0 Å². The highest BCUT2D eigenvalue weighted by atomic mass is 32.2. The van der Waals surface area contributed by atoms with Gasteiger partial charge in [-0.2, -0.15) is 4.31 Å². The molecule has 4 heterocycles. The Kier molecular flexibility index (Phi) is 4.17. The SMILES string of the molecule is C=CC(=O)NC1CC2CN(S(=O)(=O)c3ccc(-c4ccno4)o3)CC2O1. The van der Waals surface area contributed by atoms with E-state index in [0.717, 1.165) is 0 Å².